The fourth-order valence-corrected chi connectivity index (χ4v) is 2.47. The lowest BCUT2D eigenvalue weighted by Gasteiger charge is -2.32. The van der Waals surface area contributed by atoms with Crippen LogP contribution in [0.1, 0.15) is 40.0 Å². The first kappa shape index (κ1) is 13.8. The lowest BCUT2D eigenvalue weighted by Crippen LogP contribution is -2.38. The standard InChI is InChI=1S/C14H19NO4/c1-4-18-13(17)11-8-14(3,19-15-11)10-6-5-9(2)12(16)7-10/h5,10H,4,6-8H2,1-3H3/t10-,14+/m1/s1. The first-order valence-corrected chi connectivity index (χ1v) is 6.58. The molecule has 0 aromatic rings. The molecule has 2 rings (SSSR count). The molecule has 0 saturated heterocycles. The second-order valence-corrected chi connectivity index (χ2v) is 5.29. The van der Waals surface area contributed by atoms with E-state index in [1.165, 1.54) is 0 Å². The van der Waals surface area contributed by atoms with Crippen molar-refractivity contribution in [3.05, 3.63) is 11.6 Å². The van der Waals surface area contributed by atoms with Crippen LogP contribution in [0.25, 0.3) is 0 Å². The monoisotopic (exact) mass is 265 g/mol. The van der Waals surface area contributed by atoms with E-state index in [1.807, 2.05) is 19.9 Å². The Kier molecular flexibility index (Phi) is 3.73. The molecule has 0 radical (unpaired) electrons. The third-order valence-corrected chi connectivity index (χ3v) is 3.84. The van der Waals surface area contributed by atoms with Crippen molar-refractivity contribution in [2.75, 3.05) is 6.61 Å². The first-order valence-electron chi connectivity index (χ1n) is 6.58. The highest BCUT2D eigenvalue weighted by molar-refractivity contribution is 6.36. The molecule has 2 atom stereocenters. The summed E-state index contributed by atoms with van der Waals surface area (Å²) in [4.78, 5) is 28.8. The number of carbonyl (C=O) groups is 2. The van der Waals surface area contributed by atoms with Crippen molar-refractivity contribution in [3.8, 4) is 0 Å². The van der Waals surface area contributed by atoms with E-state index in [0.717, 1.165) is 12.0 Å². The SMILES string of the molecule is CCOC(=O)C1=NO[C@](C)([C@@H]2CC=C(C)C(=O)C2)C1. The van der Waals surface area contributed by atoms with E-state index >= 15 is 0 Å². The number of oxime groups is 1. The number of carbonyl (C=O) groups excluding carboxylic acids is 2. The van der Waals surface area contributed by atoms with Crippen molar-refractivity contribution < 1.29 is 19.2 Å². The molecule has 104 valence electrons. The van der Waals surface area contributed by atoms with Gasteiger partial charge in [-0.2, -0.15) is 0 Å². The Morgan fingerprint density at radius 3 is 3.00 bits per heavy atom. The fraction of sp³-hybridized carbons (Fsp3) is 0.643. The molecule has 1 aliphatic carbocycles. The van der Waals surface area contributed by atoms with Crippen LogP contribution >= 0.6 is 0 Å². The Balaban J connectivity index is 2.04. The summed E-state index contributed by atoms with van der Waals surface area (Å²) in [6.07, 6.45) is 3.56. The molecule has 0 aromatic heterocycles. The smallest absolute Gasteiger partial charge is 0.356 e. The molecule has 0 unspecified atom stereocenters. The lowest BCUT2D eigenvalue weighted by molar-refractivity contribution is -0.135. The summed E-state index contributed by atoms with van der Waals surface area (Å²) in [7, 11) is 0. The van der Waals surface area contributed by atoms with Crippen LogP contribution < -0.4 is 0 Å². The summed E-state index contributed by atoms with van der Waals surface area (Å²) in [5, 5.41) is 3.84. The molecule has 5 heteroatoms. The van der Waals surface area contributed by atoms with Gasteiger partial charge in [-0.1, -0.05) is 11.2 Å². The second kappa shape index (κ2) is 5.15. The Morgan fingerprint density at radius 2 is 2.37 bits per heavy atom. The summed E-state index contributed by atoms with van der Waals surface area (Å²) in [6, 6.07) is 0. The van der Waals surface area contributed by atoms with Crippen LogP contribution in [0.15, 0.2) is 16.8 Å². The minimum atomic E-state index is -0.588. The van der Waals surface area contributed by atoms with Crippen LogP contribution in [0.3, 0.4) is 0 Å². The number of esters is 1. The van der Waals surface area contributed by atoms with Crippen molar-refractivity contribution >= 4 is 17.5 Å². The molecule has 1 aliphatic heterocycles. The summed E-state index contributed by atoms with van der Waals surface area (Å²) in [6.45, 7) is 5.80. The number of nitrogens with zero attached hydrogens (tertiary/aromatic N) is 1. The molecule has 0 bridgehead atoms. The number of Topliss-reactive ketones (excluding diaryl/α,β-unsaturated/α-hetero) is 1. The lowest BCUT2D eigenvalue weighted by atomic mass is 9.76. The highest BCUT2D eigenvalue weighted by atomic mass is 16.7. The fourth-order valence-electron chi connectivity index (χ4n) is 2.47. The zero-order chi connectivity index (χ0) is 14.0. The van der Waals surface area contributed by atoms with Gasteiger partial charge in [0.25, 0.3) is 0 Å². The second-order valence-electron chi connectivity index (χ2n) is 5.29. The van der Waals surface area contributed by atoms with Crippen LogP contribution in [0.4, 0.5) is 0 Å². The Hall–Kier alpha value is -1.65. The van der Waals surface area contributed by atoms with Crippen molar-refractivity contribution in [2.45, 2.75) is 45.6 Å². The molecule has 0 N–H and O–H groups in total. The number of hydrogen-bond donors (Lipinski definition) is 0. The normalized spacial score (nSPS) is 30.5. The molecule has 5 nitrogen and oxygen atoms in total. The van der Waals surface area contributed by atoms with E-state index in [9.17, 15) is 9.59 Å². The van der Waals surface area contributed by atoms with E-state index in [2.05, 4.69) is 5.16 Å². The van der Waals surface area contributed by atoms with Crippen molar-refractivity contribution in [3.63, 3.8) is 0 Å². The summed E-state index contributed by atoms with van der Waals surface area (Å²) < 4.78 is 4.92. The average Bonchev–Trinajstić information content (AvgIpc) is 2.77. The highest BCUT2D eigenvalue weighted by Gasteiger charge is 2.45. The van der Waals surface area contributed by atoms with Crippen LogP contribution in [0.5, 0.6) is 0 Å². The van der Waals surface area contributed by atoms with Crippen LogP contribution in [-0.4, -0.2) is 29.7 Å². The van der Waals surface area contributed by atoms with Crippen molar-refractivity contribution in [1.82, 2.24) is 0 Å². The molecule has 0 spiro atoms. The Labute approximate surface area is 112 Å². The third-order valence-electron chi connectivity index (χ3n) is 3.84. The van der Waals surface area contributed by atoms with E-state index in [1.54, 1.807) is 6.92 Å². The molecule has 0 fully saturated rings. The zero-order valence-corrected chi connectivity index (χ0v) is 11.6. The zero-order valence-electron chi connectivity index (χ0n) is 11.6. The van der Waals surface area contributed by atoms with Gasteiger partial charge in [0.1, 0.15) is 5.60 Å². The minimum absolute atomic E-state index is 0.0550. The van der Waals surface area contributed by atoms with E-state index in [0.29, 0.717) is 25.2 Å². The molecular formula is C14H19NO4. The minimum Gasteiger partial charge on any atom is -0.461 e. The van der Waals surface area contributed by atoms with Gasteiger partial charge in [-0.15, -0.1) is 0 Å². The maximum Gasteiger partial charge on any atom is 0.356 e. The molecule has 19 heavy (non-hydrogen) atoms. The molecule has 0 amide bonds. The number of ether oxygens (including phenoxy) is 1. The summed E-state index contributed by atoms with van der Waals surface area (Å²) in [5.41, 5.74) is 0.530. The number of allylic oxidation sites excluding steroid dienone is 2. The van der Waals surface area contributed by atoms with Crippen LogP contribution in [0, 0.1) is 5.92 Å². The molecule has 0 aromatic carbocycles. The predicted octanol–water partition coefficient (Wildman–Crippen LogP) is 2.01. The van der Waals surface area contributed by atoms with Gasteiger partial charge in [-0.3, -0.25) is 4.79 Å². The van der Waals surface area contributed by atoms with E-state index in [-0.39, 0.29) is 11.7 Å². The molecular weight excluding hydrogens is 246 g/mol. The Morgan fingerprint density at radius 1 is 1.63 bits per heavy atom. The van der Waals surface area contributed by atoms with Gasteiger partial charge in [-0.05, 0) is 32.8 Å². The van der Waals surface area contributed by atoms with E-state index < -0.39 is 11.6 Å². The number of hydrogen-bond acceptors (Lipinski definition) is 5. The van der Waals surface area contributed by atoms with Gasteiger partial charge >= 0.3 is 5.97 Å². The molecule has 1 heterocycles. The van der Waals surface area contributed by atoms with Gasteiger partial charge < -0.3 is 9.57 Å². The van der Waals surface area contributed by atoms with Gasteiger partial charge in [-0.25, -0.2) is 4.79 Å². The largest absolute Gasteiger partial charge is 0.461 e. The maximum absolute atomic E-state index is 11.8. The topological polar surface area (TPSA) is 65.0 Å². The quantitative estimate of drug-likeness (QED) is 0.732. The first-order chi connectivity index (χ1) is 8.96. The average molecular weight is 265 g/mol. The van der Waals surface area contributed by atoms with E-state index in [4.69, 9.17) is 9.57 Å². The van der Waals surface area contributed by atoms with Crippen LogP contribution in [0.2, 0.25) is 0 Å². The number of rotatable bonds is 3. The van der Waals surface area contributed by atoms with Crippen LogP contribution in [-0.2, 0) is 19.2 Å². The van der Waals surface area contributed by atoms with Gasteiger partial charge in [0, 0.05) is 18.8 Å². The van der Waals surface area contributed by atoms with Crippen molar-refractivity contribution in [1.29, 1.82) is 0 Å². The van der Waals surface area contributed by atoms with Gasteiger partial charge in [0.2, 0.25) is 0 Å². The summed E-state index contributed by atoms with van der Waals surface area (Å²) in [5.74, 6) is -0.231. The molecule has 0 saturated carbocycles. The maximum atomic E-state index is 11.8. The van der Waals surface area contributed by atoms with Gasteiger partial charge in [0.05, 0.1) is 6.61 Å². The third kappa shape index (κ3) is 2.69. The predicted molar refractivity (Wildman–Crippen MR) is 69.7 cm³/mol. The Bertz CT molecular complexity index is 466. The number of ketones is 1. The highest BCUT2D eigenvalue weighted by Crippen LogP contribution is 2.38. The molecule has 2 aliphatic rings. The van der Waals surface area contributed by atoms with Gasteiger partial charge in [0.15, 0.2) is 11.5 Å². The summed E-state index contributed by atoms with van der Waals surface area (Å²) >= 11 is 0. The van der Waals surface area contributed by atoms with Crippen molar-refractivity contribution in [2.24, 2.45) is 11.1 Å².